The van der Waals surface area contributed by atoms with Gasteiger partial charge in [0.05, 0.1) is 13.2 Å². The van der Waals surface area contributed by atoms with E-state index in [2.05, 4.69) is 10.1 Å². The van der Waals surface area contributed by atoms with E-state index >= 15 is 0 Å². The fraction of sp³-hybridized carbons (Fsp3) is 0.867. The summed E-state index contributed by atoms with van der Waals surface area (Å²) < 4.78 is 4.61. The van der Waals surface area contributed by atoms with Crippen molar-refractivity contribution in [1.29, 1.82) is 0 Å². The minimum absolute atomic E-state index is 0.0732. The van der Waals surface area contributed by atoms with Gasteiger partial charge in [0, 0.05) is 19.1 Å². The summed E-state index contributed by atoms with van der Waals surface area (Å²) in [7, 11) is 3.24. The highest BCUT2D eigenvalue weighted by Gasteiger charge is 2.34. The van der Waals surface area contributed by atoms with Crippen LogP contribution in [0.15, 0.2) is 0 Å². The van der Waals surface area contributed by atoms with Crippen molar-refractivity contribution >= 4 is 12.0 Å². The lowest BCUT2D eigenvalue weighted by Gasteiger charge is -2.38. The van der Waals surface area contributed by atoms with Crippen LogP contribution in [0.5, 0.6) is 0 Å². The lowest BCUT2D eigenvalue weighted by atomic mass is 9.81. The van der Waals surface area contributed by atoms with Crippen LogP contribution in [0.2, 0.25) is 0 Å². The minimum atomic E-state index is -0.408. The predicted octanol–water partition coefficient (Wildman–Crippen LogP) is 1.24. The van der Waals surface area contributed by atoms with Crippen molar-refractivity contribution in [3.63, 3.8) is 0 Å². The molecule has 21 heavy (non-hydrogen) atoms. The Labute approximate surface area is 126 Å². The molecular formula is C15H27N3O3. The first-order valence-electron chi connectivity index (χ1n) is 7.89. The Hall–Kier alpha value is -1.30. The zero-order chi connectivity index (χ0) is 15.4. The van der Waals surface area contributed by atoms with E-state index in [1.54, 1.807) is 0 Å². The zero-order valence-corrected chi connectivity index (χ0v) is 13.0. The summed E-state index contributed by atoms with van der Waals surface area (Å²) in [4.78, 5) is 25.4. The number of methoxy groups -OCH3 is 1. The molecule has 120 valence electrons. The maximum absolute atomic E-state index is 12.4. The van der Waals surface area contributed by atoms with Gasteiger partial charge in [0.1, 0.15) is 0 Å². The Kier molecular flexibility index (Phi) is 5.45. The molecule has 2 amide bonds. The molecule has 0 unspecified atom stereocenters. The van der Waals surface area contributed by atoms with Crippen LogP contribution in [-0.2, 0) is 9.53 Å². The van der Waals surface area contributed by atoms with Crippen LogP contribution >= 0.6 is 0 Å². The van der Waals surface area contributed by atoms with Gasteiger partial charge in [-0.3, -0.25) is 4.79 Å². The van der Waals surface area contributed by atoms with Gasteiger partial charge in [-0.2, -0.15) is 0 Å². The van der Waals surface area contributed by atoms with Gasteiger partial charge < -0.3 is 20.7 Å². The topological polar surface area (TPSA) is 84.7 Å². The molecule has 0 heterocycles. The van der Waals surface area contributed by atoms with Gasteiger partial charge in [-0.05, 0) is 50.9 Å². The molecule has 0 radical (unpaired) electrons. The number of carbonyl (C=O) groups is 2. The SMILES string of the molecule is COC(=O)NC1CCC([C@H](N)C(=O)N(C)C2CCC2)CC1. The zero-order valence-electron chi connectivity index (χ0n) is 13.0. The molecular weight excluding hydrogens is 270 g/mol. The lowest BCUT2D eigenvalue weighted by molar-refractivity contribution is -0.136. The molecule has 0 aliphatic heterocycles. The van der Waals surface area contributed by atoms with Gasteiger partial charge in [0.15, 0.2) is 0 Å². The summed E-state index contributed by atoms with van der Waals surface area (Å²) in [6.07, 6.45) is 6.49. The molecule has 0 aromatic rings. The quantitative estimate of drug-likeness (QED) is 0.817. The minimum Gasteiger partial charge on any atom is -0.453 e. The second-order valence-corrected chi connectivity index (χ2v) is 6.31. The van der Waals surface area contributed by atoms with E-state index < -0.39 is 6.04 Å². The predicted molar refractivity (Wildman–Crippen MR) is 79.7 cm³/mol. The maximum atomic E-state index is 12.4. The Morgan fingerprint density at radius 1 is 1.19 bits per heavy atom. The van der Waals surface area contributed by atoms with Crippen molar-refractivity contribution in [3.8, 4) is 0 Å². The van der Waals surface area contributed by atoms with Crippen LogP contribution in [0.1, 0.15) is 44.9 Å². The van der Waals surface area contributed by atoms with Gasteiger partial charge in [0.2, 0.25) is 5.91 Å². The summed E-state index contributed by atoms with van der Waals surface area (Å²) in [5.41, 5.74) is 6.18. The number of nitrogens with one attached hydrogen (secondary N) is 1. The molecule has 6 heteroatoms. The standard InChI is InChI=1S/C15H27N3O3/c1-18(12-4-3-5-12)14(19)13(16)10-6-8-11(9-7-10)17-15(20)21-2/h10-13H,3-9,16H2,1-2H3,(H,17,20)/t10?,11?,13-/m0/s1. The van der Waals surface area contributed by atoms with Gasteiger partial charge in [-0.15, -0.1) is 0 Å². The first kappa shape index (κ1) is 16.1. The average Bonchev–Trinajstić information content (AvgIpc) is 2.44. The molecule has 6 nitrogen and oxygen atoms in total. The summed E-state index contributed by atoms with van der Waals surface area (Å²) >= 11 is 0. The van der Waals surface area contributed by atoms with Crippen LogP contribution < -0.4 is 11.1 Å². The van der Waals surface area contributed by atoms with Gasteiger partial charge in [-0.1, -0.05) is 0 Å². The van der Waals surface area contributed by atoms with E-state index in [1.165, 1.54) is 13.5 Å². The highest BCUT2D eigenvalue weighted by Crippen LogP contribution is 2.29. The third kappa shape index (κ3) is 3.87. The molecule has 0 spiro atoms. The number of hydrogen-bond donors (Lipinski definition) is 2. The van der Waals surface area contributed by atoms with Gasteiger partial charge in [-0.25, -0.2) is 4.79 Å². The van der Waals surface area contributed by atoms with Gasteiger partial charge >= 0.3 is 6.09 Å². The van der Waals surface area contributed by atoms with Crippen molar-refractivity contribution in [2.24, 2.45) is 11.7 Å². The van der Waals surface area contributed by atoms with E-state index in [4.69, 9.17) is 5.73 Å². The number of rotatable bonds is 4. The fourth-order valence-electron chi connectivity index (χ4n) is 3.24. The monoisotopic (exact) mass is 297 g/mol. The van der Waals surface area contributed by atoms with E-state index in [0.29, 0.717) is 6.04 Å². The Balaban J connectivity index is 1.78. The van der Waals surface area contributed by atoms with E-state index in [1.807, 2.05) is 11.9 Å². The van der Waals surface area contributed by atoms with Crippen molar-refractivity contribution in [3.05, 3.63) is 0 Å². The molecule has 2 aliphatic carbocycles. The van der Waals surface area contributed by atoms with Gasteiger partial charge in [0.25, 0.3) is 0 Å². The molecule has 3 N–H and O–H groups in total. The molecule has 2 fully saturated rings. The second kappa shape index (κ2) is 7.11. The fourth-order valence-corrected chi connectivity index (χ4v) is 3.24. The summed E-state index contributed by atoms with van der Waals surface area (Å²) in [5.74, 6) is 0.291. The molecule has 2 saturated carbocycles. The number of hydrogen-bond acceptors (Lipinski definition) is 4. The third-order valence-corrected chi connectivity index (χ3v) is 5.04. The second-order valence-electron chi connectivity index (χ2n) is 6.31. The lowest BCUT2D eigenvalue weighted by Crippen LogP contribution is -2.52. The van der Waals surface area contributed by atoms with Crippen LogP contribution in [0.3, 0.4) is 0 Å². The Bertz CT molecular complexity index is 376. The first-order valence-corrected chi connectivity index (χ1v) is 7.89. The molecule has 0 aromatic carbocycles. The van der Waals surface area contributed by atoms with E-state index in [9.17, 15) is 9.59 Å². The average molecular weight is 297 g/mol. The van der Waals surface area contributed by atoms with Crippen LogP contribution in [-0.4, -0.2) is 49.2 Å². The normalized spacial score (nSPS) is 27.4. The number of nitrogens with two attached hydrogens (primary N) is 1. The van der Waals surface area contributed by atoms with Crippen molar-refractivity contribution in [2.45, 2.75) is 63.1 Å². The Morgan fingerprint density at radius 3 is 2.29 bits per heavy atom. The largest absolute Gasteiger partial charge is 0.453 e. The van der Waals surface area contributed by atoms with Crippen molar-refractivity contribution < 1.29 is 14.3 Å². The highest BCUT2D eigenvalue weighted by atomic mass is 16.5. The highest BCUT2D eigenvalue weighted by molar-refractivity contribution is 5.82. The number of likely N-dealkylation sites (N-methyl/N-ethyl adjacent to an activating group) is 1. The molecule has 2 aliphatic rings. The molecule has 2 rings (SSSR count). The van der Waals surface area contributed by atoms with E-state index in [0.717, 1.165) is 38.5 Å². The van der Waals surface area contributed by atoms with Crippen LogP contribution in [0.4, 0.5) is 4.79 Å². The number of nitrogens with zero attached hydrogens (tertiary/aromatic N) is 1. The molecule has 0 aromatic heterocycles. The van der Waals surface area contributed by atoms with Crippen LogP contribution in [0.25, 0.3) is 0 Å². The first-order chi connectivity index (χ1) is 10.0. The summed E-state index contributed by atoms with van der Waals surface area (Å²) in [6, 6.07) is 0.121. The number of ether oxygens (including phenoxy) is 1. The smallest absolute Gasteiger partial charge is 0.407 e. The van der Waals surface area contributed by atoms with Crippen LogP contribution in [0, 0.1) is 5.92 Å². The van der Waals surface area contributed by atoms with Crippen molar-refractivity contribution in [2.75, 3.05) is 14.2 Å². The third-order valence-electron chi connectivity index (χ3n) is 5.04. The Morgan fingerprint density at radius 2 is 1.81 bits per heavy atom. The summed E-state index contributed by atoms with van der Waals surface area (Å²) in [6.45, 7) is 0. The molecule has 1 atom stereocenters. The number of carbonyl (C=O) groups excluding carboxylic acids is 2. The van der Waals surface area contributed by atoms with E-state index in [-0.39, 0.29) is 24.0 Å². The number of alkyl carbamates (subject to hydrolysis) is 1. The summed E-state index contributed by atoms with van der Waals surface area (Å²) in [5, 5.41) is 2.82. The maximum Gasteiger partial charge on any atom is 0.407 e. The molecule has 0 saturated heterocycles. The molecule has 0 bridgehead atoms. The number of amides is 2. The van der Waals surface area contributed by atoms with Crippen molar-refractivity contribution in [1.82, 2.24) is 10.2 Å².